The molecule has 0 aliphatic heterocycles. The Morgan fingerprint density at radius 1 is 1.33 bits per heavy atom. The highest BCUT2D eigenvalue weighted by Crippen LogP contribution is 2.24. The lowest BCUT2D eigenvalue weighted by Crippen LogP contribution is -2.47. The van der Waals surface area contributed by atoms with Gasteiger partial charge in [-0.2, -0.15) is 4.68 Å². The van der Waals surface area contributed by atoms with Gasteiger partial charge in [-0.1, -0.05) is 33.1 Å². The number of amides is 1. The molecule has 134 valence electrons. The molecule has 2 N–H and O–H groups in total. The van der Waals surface area contributed by atoms with Crippen molar-refractivity contribution < 1.29 is 19.1 Å². The second-order valence-corrected chi connectivity index (χ2v) is 6.55. The summed E-state index contributed by atoms with van der Waals surface area (Å²) in [5, 5.41) is 15.5. The first-order valence-electron chi connectivity index (χ1n) is 8.47. The summed E-state index contributed by atoms with van der Waals surface area (Å²) in [6, 6.07) is -0.792. The van der Waals surface area contributed by atoms with Crippen molar-refractivity contribution in [2.75, 3.05) is 6.61 Å². The third kappa shape index (κ3) is 4.31. The van der Waals surface area contributed by atoms with Gasteiger partial charge in [-0.25, -0.2) is 4.79 Å². The SMILES string of the molecule is CC(C)[C@H](NC(=O)C1CCCCC1)C(=O)c1nn(CCO)c(=O)o1. The van der Waals surface area contributed by atoms with Crippen molar-refractivity contribution in [1.29, 1.82) is 0 Å². The van der Waals surface area contributed by atoms with Crippen LogP contribution in [0.2, 0.25) is 0 Å². The number of aliphatic hydroxyl groups is 1. The molecule has 8 heteroatoms. The molecule has 24 heavy (non-hydrogen) atoms. The number of carbonyl (C=O) groups excluding carboxylic acids is 2. The maximum absolute atomic E-state index is 12.6. The second-order valence-electron chi connectivity index (χ2n) is 6.55. The zero-order chi connectivity index (χ0) is 17.7. The number of aromatic nitrogens is 2. The van der Waals surface area contributed by atoms with Crippen LogP contribution in [0, 0.1) is 11.8 Å². The van der Waals surface area contributed by atoms with Crippen LogP contribution < -0.4 is 11.1 Å². The van der Waals surface area contributed by atoms with Gasteiger partial charge in [0.15, 0.2) is 0 Å². The highest BCUT2D eigenvalue weighted by atomic mass is 16.4. The highest BCUT2D eigenvalue weighted by Gasteiger charge is 2.32. The molecule has 0 bridgehead atoms. The van der Waals surface area contributed by atoms with Gasteiger partial charge in [-0.3, -0.25) is 9.59 Å². The minimum Gasteiger partial charge on any atom is -0.394 e. The Labute approximate surface area is 140 Å². The number of nitrogens with one attached hydrogen (secondary N) is 1. The zero-order valence-corrected chi connectivity index (χ0v) is 14.2. The Morgan fingerprint density at radius 3 is 2.58 bits per heavy atom. The molecule has 1 amide bonds. The van der Waals surface area contributed by atoms with Gasteiger partial charge in [0.2, 0.25) is 11.7 Å². The van der Waals surface area contributed by atoms with Crippen LogP contribution in [0.3, 0.4) is 0 Å². The third-order valence-electron chi connectivity index (χ3n) is 4.35. The van der Waals surface area contributed by atoms with Crippen LogP contribution in [-0.4, -0.2) is 39.2 Å². The summed E-state index contributed by atoms with van der Waals surface area (Å²) in [5.74, 6) is -2.02. The summed E-state index contributed by atoms with van der Waals surface area (Å²) < 4.78 is 5.77. The van der Waals surface area contributed by atoms with Crippen molar-refractivity contribution >= 4 is 11.7 Å². The van der Waals surface area contributed by atoms with Crippen LogP contribution in [0.5, 0.6) is 0 Å². The molecule has 1 aromatic heterocycles. The number of carbonyl (C=O) groups is 2. The van der Waals surface area contributed by atoms with Crippen LogP contribution in [-0.2, 0) is 11.3 Å². The summed E-state index contributed by atoms with van der Waals surface area (Å²) >= 11 is 0. The van der Waals surface area contributed by atoms with E-state index < -0.39 is 17.6 Å². The van der Waals surface area contributed by atoms with E-state index in [0.717, 1.165) is 36.8 Å². The molecule has 1 aliphatic carbocycles. The summed E-state index contributed by atoms with van der Waals surface area (Å²) in [7, 11) is 0. The second kappa shape index (κ2) is 8.23. The van der Waals surface area contributed by atoms with Gasteiger partial charge in [0.1, 0.15) is 0 Å². The summed E-state index contributed by atoms with van der Waals surface area (Å²) in [4.78, 5) is 36.6. The topological polar surface area (TPSA) is 114 Å². The lowest BCUT2D eigenvalue weighted by Gasteiger charge is -2.25. The highest BCUT2D eigenvalue weighted by molar-refractivity contribution is 5.98. The largest absolute Gasteiger partial charge is 0.437 e. The zero-order valence-electron chi connectivity index (χ0n) is 14.2. The van der Waals surface area contributed by atoms with E-state index in [1.807, 2.05) is 13.8 Å². The van der Waals surface area contributed by atoms with E-state index in [0.29, 0.717) is 0 Å². The Morgan fingerprint density at radius 2 is 2.00 bits per heavy atom. The van der Waals surface area contributed by atoms with Gasteiger partial charge in [0.25, 0.3) is 5.89 Å². The van der Waals surface area contributed by atoms with E-state index in [4.69, 9.17) is 9.52 Å². The Bertz CT molecular complexity index is 628. The molecule has 0 aromatic carbocycles. The van der Waals surface area contributed by atoms with Crippen molar-refractivity contribution in [3.63, 3.8) is 0 Å². The fraction of sp³-hybridized carbons (Fsp3) is 0.750. The summed E-state index contributed by atoms with van der Waals surface area (Å²) in [5.41, 5.74) is 0. The van der Waals surface area contributed by atoms with E-state index in [-0.39, 0.29) is 36.8 Å². The minimum absolute atomic E-state index is 0.0452. The Kier molecular flexibility index (Phi) is 6.30. The minimum atomic E-state index is -0.798. The molecule has 0 saturated heterocycles. The van der Waals surface area contributed by atoms with E-state index in [9.17, 15) is 14.4 Å². The van der Waals surface area contributed by atoms with Gasteiger partial charge in [0.05, 0.1) is 19.2 Å². The monoisotopic (exact) mass is 339 g/mol. The first-order valence-corrected chi connectivity index (χ1v) is 8.47. The molecule has 1 aromatic rings. The first kappa shape index (κ1) is 18.4. The number of aliphatic hydroxyl groups excluding tert-OH is 1. The number of nitrogens with zero attached hydrogens (tertiary/aromatic N) is 2. The predicted molar refractivity (Wildman–Crippen MR) is 85.5 cm³/mol. The first-order chi connectivity index (χ1) is 11.4. The molecular weight excluding hydrogens is 314 g/mol. The van der Waals surface area contributed by atoms with E-state index in [1.165, 1.54) is 0 Å². The number of hydrogen-bond donors (Lipinski definition) is 2. The Balaban J connectivity index is 2.11. The molecule has 1 aliphatic rings. The standard InChI is InChI=1S/C16H25N3O5/c1-10(2)12(17-14(22)11-6-4-3-5-7-11)13(21)15-18-19(8-9-20)16(23)24-15/h10-12,20H,3-9H2,1-2H3,(H,17,22)/t12-/m0/s1. The van der Waals surface area contributed by atoms with Crippen LogP contribution in [0.4, 0.5) is 0 Å². The molecule has 1 saturated carbocycles. The van der Waals surface area contributed by atoms with E-state index in [2.05, 4.69) is 10.4 Å². The molecule has 0 unspecified atom stereocenters. The lowest BCUT2D eigenvalue weighted by molar-refractivity contribution is -0.126. The molecule has 0 radical (unpaired) electrons. The van der Waals surface area contributed by atoms with Gasteiger partial charge in [-0.05, 0) is 18.8 Å². The molecule has 1 fully saturated rings. The molecule has 1 atom stereocenters. The van der Waals surface area contributed by atoms with Crippen molar-refractivity contribution in [3.8, 4) is 0 Å². The van der Waals surface area contributed by atoms with Gasteiger partial charge < -0.3 is 14.8 Å². The van der Waals surface area contributed by atoms with Crippen LogP contribution >= 0.6 is 0 Å². The van der Waals surface area contributed by atoms with E-state index in [1.54, 1.807) is 0 Å². The average molecular weight is 339 g/mol. The number of ketones is 1. The number of rotatable bonds is 7. The fourth-order valence-electron chi connectivity index (χ4n) is 2.95. The lowest BCUT2D eigenvalue weighted by atomic mass is 9.88. The van der Waals surface area contributed by atoms with E-state index >= 15 is 0 Å². The van der Waals surface area contributed by atoms with Gasteiger partial charge >= 0.3 is 5.76 Å². The number of Topliss-reactive ketones (excluding diaryl/α,β-unsaturated/α-hetero) is 1. The molecule has 2 rings (SSSR count). The smallest absolute Gasteiger partial charge is 0.394 e. The number of hydrogen-bond acceptors (Lipinski definition) is 6. The van der Waals surface area contributed by atoms with Crippen molar-refractivity contribution in [3.05, 3.63) is 16.4 Å². The van der Waals surface area contributed by atoms with Crippen molar-refractivity contribution in [1.82, 2.24) is 15.1 Å². The predicted octanol–water partition coefficient (Wildman–Crippen LogP) is 0.732. The van der Waals surface area contributed by atoms with Crippen LogP contribution in [0.25, 0.3) is 0 Å². The van der Waals surface area contributed by atoms with Crippen molar-refractivity contribution in [2.45, 2.75) is 58.5 Å². The summed E-state index contributed by atoms with van der Waals surface area (Å²) in [6.45, 7) is 3.29. The summed E-state index contributed by atoms with van der Waals surface area (Å²) in [6.07, 6.45) is 4.87. The van der Waals surface area contributed by atoms with Gasteiger partial charge in [-0.15, -0.1) is 5.10 Å². The third-order valence-corrected chi connectivity index (χ3v) is 4.35. The maximum Gasteiger partial charge on any atom is 0.437 e. The maximum atomic E-state index is 12.6. The van der Waals surface area contributed by atoms with Gasteiger partial charge in [0, 0.05) is 5.92 Å². The Hall–Kier alpha value is -1.96. The van der Waals surface area contributed by atoms with Crippen LogP contribution in [0.15, 0.2) is 9.21 Å². The quantitative estimate of drug-likeness (QED) is 0.708. The fourth-order valence-corrected chi connectivity index (χ4v) is 2.95. The normalized spacial score (nSPS) is 17.0. The average Bonchev–Trinajstić information content (AvgIpc) is 2.93. The molecule has 8 nitrogen and oxygen atoms in total. The molecular formula is C16H25N3O5. The van der Waals surface area contributed by atoms with Crippen LogP contribution in [0.1, 0.15) is 56.6 Å². The van der Waals surface area contributed by atoms with Crippen molar-refractivity contribution in [2.24, 2.45) is 11.8 Å². The molecule has 0 spiro atoms. The molecule has 1 heterocycles.